The van der Waals surface area contributed by atoms with Gasteiger partial charge in [-0.3, -0.25) is 4.79 Å². The van der Waals surface area contributed by atoms with E-state index in [0.29, 0.717) is 23.9 Å². The topological polar surface area (TPSA) is 56.7 Å². The second-order valence-corrected chi connectivity index (χ2v) is 6.14. The first kappa shape index (κ1) is 15.1. The molecule has 0 bridgehead atoms. The van der Waals surface area contributed by atoms with Crippen molar-refractivity contribution in [2.45, 2.75) is 19.4 Å². The Labute approximate surface area is 124 Å². The fourth-order valence-corrected chi connectivity index (χ4v) is 2.25. The molecule has 0 aromatic carbocycles. The van der Waals surface area contributed by atoms with Gasteiger partial charge in [0.15, 0.2) is 0 Å². The minimum absolute atomic E-state index is 0.00502. The molecule has 0 saturated carbocycles. The van der Waals surface area contributed by atoms with Gasteiger partial charge in [0.25, 0.3) is 0 Å². The lowest BCUT2D eigenvalue weighted by molar-refractivity contribution is -0.162. The number of likely N-dealkylation sites (N-methyl/N-ethyl adjacent to an activating group) is 1. The van der Waals surface area contributed by atoms with Crippen molar-refractivity contribution in [3.8, 4) is 0 Å². The Kier molecular flexibility index (Phi) is 4.20. The van der Waals surface area contributed by atoms with Crippen molar-refractivity contribution in [1.29, 1.82) is 0 Å². The Morgan fingerprint density at radius 1 is 1.55 bits per heavy atom. The Bertz CT molecular complexity index is 484. The Morgan fingerprint density at radius 3 is 2.70 bits per heavy atom. The number of nitrogens with zero attached hydrogens (tertiary/aromatic N) is 3. The molecule has 1 aliphatic heterocycles. The molecule has 1 aromatic rings. The van der Waals surface area contributed by atoms with Gasteiger partial charge in [0.1, 0.15) is 11.4 Å². The summed E-state index contributed by atoms with van der Waals surface area (Å²) < 4.78 is 0. The zero-order chi connectivity index (χ0) is 14.9. The van der Waals surface area contributed by atoms with Crippen LogP contribution in [0.5, 0.6) is 0 Å². The van der Waals surface area contributed by atoms with Crippen LogP contribution in [0.4, 0.5) is 5.82 Å². The number of pyridine rings is 1. The van der Waals surface area contributed by atoms with Gasteiger partial charge < -0.3 is 14.9 Å². The fourth-order valence-electron chi connectivity index (χ4n) is 2.13. The summed E-state index contributed by atoms with van der Waals surface area (Å²) >= 11 is 5.78. The first-order chi connectivity index (χ1) is 9.32. The number of aliphatic hydroxyl groups is 1. The average Bonchev–Trinajstić information content (AvgIpc) is 2.35. The van der Waals surface area contributed by atoms with Gasteiger partial charge in [0.05, 0.1) is 24.7 Å². The maximum absolute atomic E-state index is 12.1. The molecule has 20 heavy (non-hydrogen) atoms. The quantitative estimate of drug-likeness (QED) is 0.913. The molecule has 0 unspecified atom stereocenters. The molecule has 0 atom stereocenters. The number of rotatable bonds is 4. The summed E-state index contributed by atoms with van der Waals surface area (Å²) in [6.07, 6.45) is 1.55. The molecular weight excluding hydrogens is 278 g/mol. The minimum Gasteiger partial charge on any atom is -0.386 e. The normalized spacial score (nSPS) is 17.0. The molecule has 0 radical (unpaired) electrons. The van der Waals surface area contributed by atoms with E-state index in [4.69, 9.17) is 11.6 Å². The lowest BCUT2D eigenvalue weighted by atomic mass is 9.83. The summed E-state index contributed by atoms with van der Waals surface area (Å²) in [6.45, 7) is 4.98. The maximum atomic E-state index is 12.1. The van der Waals surface area contributed by atoms with Crippen LogP contribution >= 0.6 is 11.6 Å². The van der Waals surface area contributed by atoms with Crippen LogP contribution in [0.15, 0.2) is 18.3 Å². The monoisotopic (exact) mass is 297 g/mol. The Balaban J connectivity index is 1.88. The highest BCUT2D eigenvalue weighted by molar-refractivity contribution is 6.30. The Morgan fingerprint density at radius 2 is 2.20 bits per heavy atom. The third-order valence-corrected chi connectivity index (χ3v) is 4.06. The van der Waals surface area contributed by atoms with Crippen LogP contribution in [0.25, 0.3) is 0 Å². The minimum atomic E-state index is -0.729. The van der Waals surface area contributed by atoms with Crippen molar-refractivity contribution in [2.75, 3.05) is 31.6 Å². The van der Waals surface area contributed by atoms with E-state index < -0.39 is 5.60 Å². The molecule has 1 fully saturated rings. The van der Waals surface area contributed by atoms with Gasteiger partial charge in [0, 0.05) is 13.2 Å². The standard InChI is InChI=1S/C14H20ClN3O2/c1-10(2)14(20)8-18(9-14)13(19)7-17(3)12-5-4-11(15)6-16-12/h4-6,10,20H,7-9H2,1-3H3. The molecule has 110 valence electrons. The van der Waals surface area contributed by atoms with E-state index in [1.165, 1.54) is 0 Å². The van der Waals surface area contributed by atoms with Crippen molar-refractivity contribution in [2.24, 2.45) is 5.92 Å². The second kappa shape index (κ2) is 5.58. The third-order valence-electron chi connectivity index (χ3n) is 3.83. The zero-order valence-electron chi connectivity index (χ0n) is 12.0. The molecule has 1 N–H and O–H groups in total. The fraction of sp³-hybridized carbons (Fsp3) is 0.571. The van der Waals surface area contributed by atoms with Crippen LogP contribution in [-0.4, -0.2) is 53.2 Å². The van der Waals surface area contributed by atoms with E-state index in [2.05, 4.69) is 4.98 Å². The molecule has 1 saturated heterocycles. The van der Waals surface area contributed by atoms with E-state index in [-0.39, 0.29) is 18.4 Å². The molecule has 2 rings (SSSR count). The number of anilines is 1. The van der Waals surface area contributed by atoms with Crippen LogP contribution in [-0.2, 0) is 4.79 Å². The number of carbonyl (C=O) groups excluding carboxylic acids is 1. The van der Waals surface area contributed by atoms with Crippen molar-refractivity contribution < 1.29 is 9.90 Å². The second-order valence-electron chi connectivity index (χ2n) is 5.70. The lowest BCUT2D eigenvalue weighted by Crippen LogP contribution is -2.67. The van der Waals surface area contributed by atoms with Gasteiger partial charge in [-0.15, -0.1) is 0 Å². The summed E-state index contributed by atoms with van der Waals surface area (Å²) in [6, 6.07) is 3.52. The predicted octanol–water partition coefficient (Wildman–Crippen LogP) is 1.40. The zero-order valence-corrected chi connectivity index (χ0v) is 12.8. The highest BCUT2D eigenvalue weighted by Crippen LogP contribution is 2.28. The number of carbonyl (C=O) groups is 1. The van der Waals surface area contributed by atoms with Crippen LogP contribution in [0, 0.1) is 5.92 Å². The number of halogens is 1. The number of aromatic nitrogens is 1. The number of hydrogen-bond donors (Lipinski definition) is 1. The van der Waals surface area contributed by atoms with Crippen LogP contribution in [0.2, 0.25) is 5.02 Å². The van der Waals surface area contributed by atoms with Gasteiger partial charge in [-0.05, 0) is 18.1 Å². The van der Waals surface area contributed by atoms with Crippen LogP contribution in [0.3, 0.4) is 0 Å². The molecule has 2 heterocycles. The molecule has 6 heteroatoms. The molecule has 1 aliphatic rings. The smallest absolute Gasteiger partial charge is 0.242 e. The third kappa shape index (κ3) is 3.04. The maximum Gasteiger partial charge on any atom is 0.242 e. The molecule has 5 nitrogen and oxygen atoms in total. The van der Waals surface area contributed by atoms with Gasteiger partial charge in [-0.2, -0.15) is 0 Å². The van der Waals surface area contributed by atoms with E-state index >= 15 is 0 Å². The van der Waals surface area contributed by atoms with E-state index in [1.807, 2.05) is 20.9 Å². The highest BCUT2D eigenvalue weighted by atomic mass is 35.5. The van der Waals surface area contributed by atoms with Crippen LogP contribution < -0.4 is 4.90 Å². The van der Waals surface area contributed by atoms with Crippen molar-refractivity contribution in [3.63, 3.8) is 0 Å². The molecule has 1 amide bonds. The SMILES string of the molecule is CC(C)C1(O)CN(C(=O)CN(C)c2ccc(Cl)cn2)C1. The summed E-state index contributed by atoms with van der Waals surface area (Å²) in [5.74, 6) is 0.846. The first-order valence-corrected chi connectivity index (χ1v) is 7.02. The summed E-state index contributed by atoms with van der Waals surface area (Å²) in [5, 5.41) is 10.7. The number of likely N-dealkylation sites (tertiary alicyclic amines) is 1. The van der Waals surface area contributed by atoms with E-state index in [1.54, 1.807) is 28.1 Å². The summed E-state index contributed by atoms with van der Waals surface area (Å²) in [4.78, 5) is 19.7. The number of hydrogen-bond acceptors (Lipinski definition) is 4. The molecule has 1 aromatic heterocycles. The van der Waals surface area contributed by atoms with Gasteiger partial charge in [-0.25, -0.2) is 4.98 Å². The van der Waals surface area contributed by atoms with Gasteiger partial charge in [0.2, 0.25) is 5.91 Å². The summed E-state index contributed by atoms with van der Waals surface area (Å²) in [5.41, 5.74) is -0.729. The van der Waals surface area contributed by atoms with E-state index in [9.17, 15) is 9.90 Å². The Hall–Kier alpha value is -1.33. The van der Waals surface area contributed by atoms with Gasteiger partial charge in [-0.1, -0.05) is 25.4 Å². The largest absolute Gasteiger partial charge is 0.386 e. The average molecular weight is 298 g/mol. The van der Waals surface area contributed by atoms with E-state index in [0.717, 1.165) is 0 Å². The lowest BCUT2D eigenvalue weighted by Gasteiger charge is -2.49. The van der Waals surface area contributed by atoms with Crippen molar-refractivity contribution in [1.82, 2.24) is 9.88 Å². The van der Waals surface area contributed by atoms with Gasteiger partial charge >= 0.3 is 0 Å². The van der Waals surface area contributed by atoms with Crippen molar-refractivity contribution in [3.05, 3.63) is 23.4 Å². The van der Waals surface area contributed by atoms with Crippen LogP contribution in [0.1, 0.15) is 13.8 Å². The number of amides is 1. The predicted molar refractivity (Wildman–Crippen MR) is 78.9 cm³/mol. The summed E-state index contributed by atoms with van der Waals surface area (Å²) in [7, 11) is 1.81. The number of β-amino-alcohol motifs (C(OH)–C–C–N with tert-alkyl or cyclic N) is 1. The van der Waals surface area contributed by atoms with Crippen molar-refractivity contribution >= 4 is 23.3 Å². The molecular formula is C14H20ClN3O2. The molecule has 0 spiro atoms. The molecule has 0 aliphatic carbocycles. The first-order valence-electron chi connectivity index (χ1n) is 6.65. The highest BCUT2D eigenvalue weighted by Gasteiger charge is 2.45.